The van der Waals surface area contributed by atoms with Gasteiger partial charge in [0.1, 0.15) is 0 Å². The van der Waals surface area contributed by atoms with Crippen molar-refractivity contribution < 1.29 is 0 Å². The third-order valence-corrected chi connectivity index (χ3v) is 3.53. The second kappa shape index (κ2) is 9.16. The minimum absolute atomic E-state index is 0.695. The normalized spacial score (nSPS) is 12.9. The molecule has 1 aromatic carbocycles. The average Bonchev–Trinajstić information content (AvgIpc) is 2.38. The Kier molecular flexibility index (Phi) is 7.75. The molecule has 0 fully saturated rings. The van der Waals surface area contributed by atoms with Crippen LogP contribution in [-0.2, 0) is 6.42 Å². The Balaban J connectivity index is 2.18. The van der Waals surface area contributed by atoms with Gasteiger partial charge in [0.05, 0.1) is 0 Å². The third kappa shape index (κ3) is 6.20. The van der Waals surface area contributed by atoms with Crippen LogP contribution in [0.5, 0.6) is 0 Å². The zero-order valence-corrected chi connectivity index (χ0v) is 12.3. The molecule has 0 aliphatic carbocycles. The molecule has 0 aliphatic heterocycles. The molecule has 1 rings (SSSR count). The van der Waals surface area contributed by atoms with Crippen LogP contribution in [0.25, 0.3) is 0 Å². The van der Waals surface area contributed by atoms with Gasteiger partial charge in [-0.15, -0.1) is 0 Å². The Morgan fingerprint density at radius 2 is 1.78 bits per heavy atom. The van der Waals surface area contributed by atoms with Crippen LogP contribution < -0.4 is 5.32 Å². The molecule has 102 valence electrons. The summed E-state index contributed by atoms with van der Waals surface area (Å²) in [5.41, 5.74) is 1.47. The summed E-state index contributed by atoms with van der Waals surface area (Å²) in [6.45, 7) is 8.04. The average molecular weight is 247 g/mol. The van der Waals surface area contributed by atoms with Crippen LogP contribution in [-0.4, -0.2) is 12.6 Å². The number of hydrogen-bond donors (Lipinski definition) is 1. The highest BCUT2D eigenvalue weighted by Gasteiger charge is 2.11. The predicted molar refractivity (Wildman–Crippen MR) is 80.9 cm³/mol. The van der Waals surface area contributed by atoms with Gasteiger partial charge in [0.15, 0.2) is 0 Å². The van der Waals surface area contributed by atoms with E-state index in [-0.39, 0.29) is 0 Å². The molecule has 1 aromatic rings. The molecule has 1 nitrogen and oxygen atoms in total. The lowest BCUT2D eigenvalue weighted by Crippen LogP contribution is -2.34. The van der Waals surface area contributed by atoms with Gasteiger partial charge in [-0.2, -0.15) is 0 Å². The van der Waals surface area contributed by atoms with E-state index < -0.39 is 0 Å². The summed E-state index contributed by atoms with van der Waals surface area (Å²) in [7, 11) is 0. The van der Waals surface area contributed by atoms with Crippen LogP contribution in [0.2, 0.25) is 0 Å². The molecule has 0 bridgehead atoms. The van der Waals surface area contributed by atoms with Gasteiger partial charge >= 0.3 is 0 Å². The second-order valence-electron chi connectivity index (χ2n) is 5.54. The molecular weight excluding hydrogens is 218 g/mol. The fraction of sp³-hybridized carbons (Fsp3) is 0.647. The van der Waals surface area contributed by atoms with Gasteiger partial charge in [-0.25, -0.2) is 0 Å². The van der Waals surface area contributed by atoms with E-state index in [0.29, 0.717) is 6.04 Å². The lowest BCUT2D eigenvalue weighted by atomic mass is 9.97. The van der Waals surface area contributed by atoms with Crippen LogP contribution in [0.3, 0.4) is 0 Å². The van der Waals surface area contributed by atoms with E-state index in [0.717, 1.165) is 12.5 Å². The number of hydrogen-bond acceptors (Lipinski definition) is 1. The zero-order valence-electron chi connectivity index (χ0n) is 12.3. The van der Waals surface area contributed by atoms with Crippen molar-refractivity contribution >= 4 is 0 Å². The first-order chi connectivity index (χ1) is 8.74. The number of benzene rings is 1. The van der Waals surface area contributed by atoms with E-state index in [1.54, 1.807) is 0 Å². The Bertz CT molecular complexity index is 292. The molecule has 1 unspecified atom stereocenters. The summed E-state index contributed by atoms with van der Waals surface area (Å²) < 4.78 is 0. The maximum atomic E-state index is 3.67. The Morgan fingerprint density at radius 3 is 2.39 bits per heavy atom. The van der Waals surface area contributed by atoms with Gasteiger partial charge in [-0.05, 0) is 43.7 Å². The van der Waals surface area contributed by atoms with Crippen LogP contribution in [0.15, 0.2) is 30.3 Å². The maximum absolute atomic E-state index is 3.67. The predicted octanol–water partition coefficient (Wildman–Crippen LogP) is 4.42. The molecule has 0 aromatic heterocycles. The van der Waals surface area contributed by atoms with Gasteiger partial charge in [-0.3, -0.25) is 0 Å². The van der Waals surface area contributed by atoms with E-state index >= 15 is 0 Å². The first-order valence-corrected chi connectivity index (χ1v) is 7.51. The van der Waals surface area contributed by atoms with E-state index in [1.165, 1.54) is 37.7 Å². The summed E-state index contributed by atoms with van der Waals surface area (Å²) in [5.74, 6) is 0.744. The van der Waals surface area contributed by atoms with Gasteiger partial charge in [0.2, 0.25) is 0 Å². The van der Waals surface area contributed by atoms with Crippen molar-refractivity contribution in [2.24, 2.45) is 5.92 Å². The quantitative estimate of drug-likeness (QED) is 0.637. The molecule has 0 spiro atoms. The number of aryl methyl sites for hydroxylation is 1. The van der Waals surface area contributed by atoms with Crippen molar-refractivity contribution in [3.05, 3.63) is 35.9 Å². The first-order valence-electron chi connectivity index (χ1n) is 7.51. The Morgan fingerprint density at radius 1 is 1.06 bits per heavy atom. The molecule has 1 atom stereocenters. The highest BCUT2D eigenvalue weighted by molar-refractivity contribution is 5.14. The van der Waals surface area contributed by atoms with Crippen molar-refractivity contribution in [1.82, 2.24) is 5.32 Å². The third-order valence-electron chi connectivity index (χ3n) is 3.53. The molecule has 0 amide bonds. The van der Waals surface area contributed by atoms with E-state index in [4.69, 9.17) is 0 Å². The molecule has 0 heterocycles. The van der Waals surface area contributed by atoms with Gasteiger partial charge in [-0.1, -0.05) is 57.5 Å². The molecule has 0 radical (unpaired) electrons. The van der Waals surface area contributed by atoms with Gasteiger partial charge in [0, 0.05) is 6.04 Å². The summed E-state index contributed by atoms with van der Waals surface area (Å²) in [6, 6.07) is 11.5. The van der Waals surface area contributed by atoms with E-state index in [2.05, 4.69) is 56.4 Å². The molecule has 0 saturated carbocycles. The number of nitrogens with one attached hydrogen (secondary N) is 1. The maximum Gasteiger partial charge on any atom is 0.00900 e. The van der Waals surface area contributed by atoms with Crippen molar-refractivity contribution in [3.8, 4) is 0 Å². The summed E-state index contributed by atoms with van der Waals surface area (Å²) in [6.07, 6.45) is 6.40. The van der Waals surface area contributed by atoms with Gasteiger partial charge < -0.3 is 5.32 Å². The molecule has 18 heavy (non-hydrogen) atoms. The standard InChI is InChI=1S/C17H29N/c1-4-14-18-17(15(2)3)13-9-8-12-16-10-6-5-7-11-16/h5-7,10-11,15,17-18H,4,8-9,12-14H2,1-3H3. The molecule has 1 N–H and O–H groups in total. The topological polar surface area (TPSA) is 12.0 Å². The summed E-state index contributed by atoms with van der Waals surface area (Å²) in [4.78, 5) is 0. The monoisotopic (exact) mass is 247 g/mol. The zero-order chi connectivity index (χ0) is 13.2. The smallest absolute Gasteiger partial charge is 0.00900 e. The molecular formula is C17H29N. The van der Waals surface area contributed by atoms with Crippen LogP contribution in [0.1, 0.15) is 52.0 Å². The fourth-order valence-corrected chi connectivity index (χ4v) is 2.34. The van der Waals surface area contributed by atoms with Crippen molar-refractivity contribution in [2.75, 3.05) is 6.54 Å². The minimum Gasteiger partial charge on any atom is -0.314 e. The first kappa shape index (κ1) is 15.2. The Hall–Kier alpha value is -0.820. The SMILES string of the molecule is CCCNC(CCCCc1ccccc1)C(C)C. The number of unbranched alkanes of at least 4 members (excludes halogenated alkanes) is 1. The number of rotatable bonds is 9. The van der Waals surface area contributed by atoms with Gasteiger partial charge in [0.25, 0.3) is 0 Å². The van der Waals surface area contributed by atoms with E-state index in [1.807, 2.05) is 0 Å². The molecule has 1 heteroatoms. The largest absolute Gasteiger partial charge is 0.314 e. The lowest BCUT2D eigenvalue weighted by molar-refractivity contribution is 0.367. The molecule has 0 saturated heterocycles. The fourth-order valence-electron chi connectivity index (χ4n) is 2.34. The van der Waals surface area contributed by atoms with Crippen LogP contribution in [0, 0.1) is 5.92 Å². The summed E-state index contributed by atoms with van der Waals surface area (Å²) in [5, 5.41) is 3.67. The van der Waals surface area contributed by atoms with Crippen molar-refractivity contribution in [2.45, 2.75) is 58.9 Å². The lowest BCUT2D eigenvalue weighted by Gasteiger charge is -2.22. The van der Waals surface area contributed by atoms with E-state index in [9.17, 15) is 0 Å². The highest BCUT2D eigenvalue weighted by Crippen LogP contribution is 2.12. The van der Waals surface area contributed by atoms with Crippen molar-refractivity contribution in [3.63, 3.8) is 0 Å². The Labute approximate surface area is 113 Å². The second-order valence-corrected chi connectivity index (χ2v) is 5.54. The van der Waals surface area contributed by atoms with Crippen LogP contribution >= 0.6 is 0 Å². The highest BCUT2D eigenvalue weighted by atomic mass is 14.9. The summed E-state index contributed by atoms with van der Waals surface area (Å²) >= 11 is 0. The van der Waals surface area contributed by atoms with Crippen molar-refractivity contribution in [1.29, 1.82) is 0 Å². The minimum atomic E-state index is 0.695. The molecule has 0 aliphatic rings. The van der Waals surface area contributed by atoms with Crippen LogP contribution in [0.4, 0.5) is 0 Å².